The number of anilines is 1. The summed E-state index contributed by atoms with van der Waals surface area (Å²) >= 11 is 0. The zero-order valence-corrected chi connectivity index (χ0v) is 16.2. The summed E-state index contributed by atoms with van der Waals surface area (Å²) < 4.78 is 16.4. The highest BCUT2D eigenvalue weighted by molar-refractivity contribution is 5.92. The molecule has 0 radical (unpaired) electrons. The second-order valence-electron chi connectivity index (χ2n) is 7.10. The number of halogens is 1. The number of pyridine rings is 1. The third-order valence-corrected chi connectivity index (χ3v) is 4.91. The zero-order chi connectivity index (χ0) is 21.4. The van der Waals surface area contributed by atoms with Crippen molar-refractivity contribution in [3.05, 3.63) is 94.5 Å². The standard InChI is InChI=1S/C22H17FN6O2/c23-16-6-2-1-5-14(16)11-19-25-17-9-8-15(12-18(17)26-19)24-21(30)13-29-22(31)28-10-4-3-7-20(28)27-29/h1-10,12H,11,13H2,(H,24,30)(H,25,26). The number of H-pyrrole nitrogens is 1. The largest absolute Gasteiger partial charge is 0.350 e. The first-order valence-electron chi connectivity index (χ1n) is 9.63. The number of aromatic amines is 1. The summed E-state index contributed by atoms with van der Waals surface area (Å²) in [5, 5.41) is 6.92. The highest BCUT2D eigenvalue weighted by atomic mass is 19.1. The molecule has 154 valence electrons. The van der Waals surface area contributed by atoms with Gasteiger partial charge in [0.25, 0.3) is 0 Å². The average molecular weight is 416 g/mol. The van der Waals surface area contributed by atoms with Crippen LogP contribution in [0.3, 0.4) is 0 Å². The van der Waals surface area contributed by atoms with Crippen LogP contribution in [-0.4, -0.2) is 30.1 Å². The minimum atomic E-state index is -0.382. The molecular formula is C22H17FN6O2. The van der Waals surface area contributed by atoms with E-state index >= 15 is 0 Å². The highest BCUT2D eigenvalue weighted by Crippen LogP contribution is 2.19. The van der Waals surface area contributed by atoms with Crippen LogP contribution >= 0.6 is 0 Å². The molecule has 0 spiro atoms. The molecule has 0 saturated heterocycles. The maximum absolute atomic E-state index is 13.9. The molecule has 0 atom stereocenters. The fourth-order valence-electron chi connectivity index (χ4n) is 3.45. The van der Waals surface area contributed by atoms with Gasteiger partial charge < -0.3 is 10.3 Å². The van der Waals surface area contributed by atoms with Crippen molar-refractivity contribution in [2.45, 2.75) is 13.0 Å². The summed E-state index contributed by atoms with van der Waals surface area (Å²) in [6.45, 7) is -0.208. The van der Waals surface area contributed by atoms with Gasteiger partial charge in [-0.15, -0.1) is 5.10 Å². The fourth-order valence-corrected chi connectivity index (χ4v) is 3.45. The van der Waals surface area contributed by atoms with Gasteiger partial charge in [-0.05, 0) is 42.0 Å². The van der Waals surface area contributed by atoms with Crippen molar-refractivity contribution >= 4 is 28.3 Å². The molecule has 0 aliphatic heterocycles. The Bertz CT molecular complexity index is 1480. The number of rotatable bonds is 5. The molecule has 31 heavy (non-hydrogen) atoms. The van der Waals surface area contributed by atoms with Crippen LogP contribution < -0.4 is 11.0 Å². The quantitative estimate of drug-likeness (QED) is 0.460. The molecule has 3 aromatic heterocycles. The van der Waals surface area contributed by atoms with Crippen LogP contribution in [0.15, 0.2) is 71.7 Å². The van der Waals surface area contributed by atoms with Crippen molar-refractivity contribution in [1.82, 2.24) is 24.1 Å². The van der Waals surface area contributed by atoms with Crippen LogP contribution in [-0.2, 0) is 17.8 Å². The highest BCUT2D eigenvalue weighted by Gasteiger charge is 2.12. The number of aromatic nitrogens is 5. The molecule has 8 nitrogen and oxygen atoms in total. The van der Waals surface area contributed by atoms with E-state index in [1.807, 2.05) is 0 Å². The molecule has 9 heteroatoms. The van der Waals surface area contributed by atoms with Gasteiger partial charge in [-0.2, -0.15) is 0 Å². The van der Waals surface area contributed by atoms with Crippen molar-refractivity contribution in [1.29, 1.82) is 0 Å². The summed E-state index contributed by atoms with van der Waals surface area (Å²) in [5.74, 6) is -0.0334. The van der Waals surface area contributed by atoms with Gasteiger partial charge in [-0.1, -0.05) is 24.3 Å². The molecule has 0 aliphatic rings. The fraction of sp³-hybridized carbons (Fsp3) is 0.0909. The molecule has 1 amide bonds. The summed E-state index contributed by atoms with van der Waals surface area (Å²) in [7, 11) is 0. The van der Waals surface area contributed by atoms with Gasteiger partial charge >= 0.3 is 5.69 Å². The summed E-state index contributed by atoms with van der Waals surface area (Å²) in [6, 6.07) is 17.0. The molecular weight excluding hydrogens is 399 g/mol. The topological polar surface area (TPSA) is 97.1 Å². The molecule has 3 heterocycles. The number of fused-ring (bicyclic) bond motifs is 2. The van der Waals surface area contributed by atoms with Gasteiger partial charge in [0.2, 0.25) is 5.91 Å². The molecule has 0 bridgehead atoms. The van der Waals surface area contributed by atoms with Gasteiger partial charge in [-0.3, -0.25) is 9.20 Å². The van der Waals surface area contributed by atoms with Crippen molar-refractivity contribution in [2.24, 2.45) is 0 Å². The number of carbonyl (C=O) groups excluding carboxylic acids is 1. The van der Waals surface area contributed by atoms with E-state index in [4.69, 9.17) is 0 Å². The Kier molecular flexibility index (Phi) is 4.55. The van der Waals surface area contributed by atoms with Crippen LogP contribution in [0, 0.1) is 5.82 Å². The lowest BCUT2D eigenvalue weighted by Gasteiger charge is -2.04. The van der Waals surface area contributed by atoms with Gasteiger partial charge in [0.05, 0.1) is 11.0 Å². The number of hydrogen-bond acceptors (Lipinski definition) is 4. The smallest absolute Gasteiger partial charge is 0.342 e. The Morgan fingerprint density at radius 3 is 2.77 bits per heavy atom. The number of carbonyl (C=O) groups is 1. The number of nitrogens with one attached hydrogen (secondary N) is 2. The Labute approximate surface area is 175 Å². The average Bonchev–Trinajstić information content (AvgIpc) is 3.30. The Morgan fingerprint density at radius 2 is 1.94 bits per heavy atom. The first kappa shape index (κ1) is 18.7. The van der Waals surface area contributed by atoms with E-state index in [1.165, 1.54) is 10.5 Å². The van der Waals surface area contributed by atoms with Crippen LogP contribution in [0.5, 0.6) is 0 Å². The van der Waals surface area contributed by atoms with E-state index in [0.717, 1.165) is 4.68 Å². The summed E-state index contributed by atoms with van der Waals surface area (Å²) in [4.78, 5) is 32.4. The number of amides is 1. The van der Waals surface area contributed by atoms with E-state index in [-0.39, 0.29) is 24.0 Å². The minimum absolute atomic E-state index is 0.208. The van der Waals surface area contributed by atoms with Crippen molar-refractivity contribution in [2.75, 3.05) is 5.32 Å². The Morgan fingerprint density at radius 1 is 1.10 bits per heavy atom. The second kappa shape index (κ2) is 7.52. The molecule has 0 unspecified atom stereocenters. The van der Waals surface area contributed by atoms with Gasteiger partial charge in [-0.25, -0.2) is 18.9 Å². The molecule has 2 aromatic carbocycles. The predicted octanol–water partition coefficient (Wildman–Crippen LogP) is 2.74. The molecule has 0 saturated carbocycles. The zero-order valence-electron chi connectivity index (χ0n) is 16.2. The second-order valence-corrected chi connectivity index (χ2v) is 7.10. The first-order chi connectivity index (χ1) is 15.1. The lowest BCUT2D eigenvalue weighted by Crippen LogP contribution is -2.28. The van der Waals surface area contributed by atoms with Gasteiger partial charge in [0.1, 0.15) is 18.2 Å². The van der Waals surface area contributed by atoms with Crippen molar-refractivity contribution in [3.8, 4) is 0 Å². The monoisotopic (exact) mass is 416 g/mol. The van der Waals surface area contributed by atoms with Gasteiger partial charge in [0.15, 0.2) is 5.65 Å². The number of imidazole rings is 1. The normalized spacial score (nSPS) is 11.3. The van der Waals surface area contributed by atoms with E-state index in [1.54, 1.807) is 60.8 Å². The number of benzene rings is 2. The van der Waals surface area contributed by atoms with Crippen LogP contribution in [0.2, 0.25) is 0 Å². The van der Waals surface area contributed by atoms with Crippen molar-refractivity contribution in [3.63, 3.8) is 0 Å². The molecule has 0 fully saturated rings. The number of nitrogens with zero attached hydrogens (tertiary/aromatic N) is 4. The van der Waals surface area contributed by atoms with E-state index in [0.29, 0.717) is 40.2 Å². The van der Waals surface area contributed by atoms with Crippen LogP contribution in [0.25, 0.3) is 16.7 Å². The summed E-state index contributed by atoms with van der Waals surface area (Å²) in [5.41, 5.74) is 2.62. The van der Waals surface area contributed by atoms with Crippen LogP contribution in [0.4, 0.5) is 10.1 Å². The maximum Gasteiger partial charge on any atom is 0.350 e. The Balaban J connectivity index is 1.33. The SMILES string of the molecule is O=C(Cn1nc2ccccn2c1=O)Nc1ccc2nc(Cc3ccccc3F)[nH]c2c1. The Hall–Kier alpha value is -4.27. The van der Waals surface area contributed by atoms with Gasteiger partial charge in [0, 0.05) is 18.3 Å². The lowest BCUT2D eigenvalue weighted by atomic mass is 10.1. The van der Waals surface area contributed by atoms with Crippen LogP contribution in [0.1, 0.15) is 11.4 Å². The van der Waals surface area contributed by atoms with E-state index < -0.39 is 0 Å². The number of hydrogen-bond donors (Lipinski definition) is 2. The molecule has 5 aromatic rings. The molecule has 5 rings (SSSR count). The molecule has 2 N–H and O–H groups in total. The van der Waals surface area contributed by atoms with Crippen molar-refractivity contribution < 1.29 is 9.18 Å². The minimum Gasteiger partial charge on any atom is -0.342 e. The molecule has 0 aliphatic carbocycles. The third kappa shape index (κ3) is 3.68. The third-order valence-electron chi connectivity index (χ3n) is 4.91. The lowest BCUT2D eigenvalue weighted by molar-refractivity contribution is -0.117. The summed E-state index contributed by atoms with van der Waals surface area (Å²) in [6.07, 6.45) is 1.93. The van der Waals surface area contributed by atoms with E-state index in [9.17, 15) is 14.0 Å². The first-order valence-corrected chi connectivity index (χ1v) is 9.63. The maximum atomic E-state index is 13.9. The predicted molar refractivity (Wildman–Crippen MR) is 113 cm³/mol. The van der Waals surface area contributed by atoms with E-state index in [2.05, 4.69) is 20.4 Å².